The van der Waals surface area contributed by atoms with E-state index in [9.17, 15) is 9.59 Å². The molecular formula is C19H21N3O2S2. The van der Waals surface area contributed by atoms with Crippen LogP contribution in [-0.2, 0) is 4.79 Å². The van der Waals surface area contributed by atoms with E-state index >= 15 is 0 Å². The summed E-state index contributed by atoms with van der Waals surface area (Å²) in [5.74, 6) is 0.583. The van der Waals surface area contributed by atoms with Gasteiger partial charge in [0.1, 0.15) is 4.83 Å². The number of thioether (sulfide) groups is 1. The fourth-order valence-electron chi connectivity index (χ4n) is 2.45. The number of amides is 1. The lowest BCUT2D eigenvalue weighted by Gasteiger charge is -2.07. The highest BCUT2D eigenvalue weighted by Crippen LogP contribution is 2.31. The van der Waals surface area contributed by atoms with Gasteiger partial charge in [0.25, 0.3) is 5.56 Å². The molecule has 5 nitrogen and oxygen atoms in total. The molecule has 26 heavy (non-hydrogen) atoms. The molecule has 3 aromatic rings. The third kappa shape index (κ3) is 4.34. The van der Waals surface area contributed by atoms with Crippen LogP contribution in [0.4, 0.5) is 0 Å². The standard InChI is InChI=1S/C19H21N3O2S2/c1-11(2)8-20-15(23)10-26-19-21-17(24)16-14(9-25-18(16)22-19)13-6-4-12(3)5-7-13/h4-7,9,11H,8,10H2,1-3H3,(H,20,23)(H,21,22,24). The van der Waals surface area contributed by atoms with E-state index in [0.717, 1.165) is 11.1 Å². The van der Waals surface area contributed by atoms with Gasteiger partial charge in [-0.25, -0.2) is 4.98 Å². The van der Waals surface area contributed by atoms with Gasteiger partial charge >= 0.3 is 0 Å². The van der Waals surface area contributed by atoms with Crippen LogP contribution in [-0.4, -0.2) is 28.2 Å². The SMILES string of the molecule is Cc1ccc(-c2csc3nc(SCC(=O)NCC(C)C)[nH]c(=O)c23)cc1. The predicted octanol–water partition coefficient (Wildman–Crippen LogP) is 3.82. The number of aryl methyl sites for hydroxylation is 1. The molecule has 0 radical (unpaired) electrons. The summed E-state index contributed by atoms with van der Waals surface area (Å²) >= 11 is 2.69. The van der Waals surface area contributed by atoms with E-state index < -0.39 is 0 Å². The Morgan fingerprint density at radius 3 is 2.73 bits per heavy atom. The lowest BCUT2D eigenvalue weighted by Crippen LogP contribution is -2.28. The molecule has 0 saturated carbocycles. The second-order valence-electron chi connectivity index (χ2n) is 6.55. The first-order chi connectivity index (χ1) is 12.4. The van der Waals surface area contributed by atoms with Crippen molar-refractivity contribution in [1.82, 2.24) is 15.3 Å². The molecule has 2 N–H and O–H groups in total. The Balaban J connectivity index is 1.80. The van der Waals surface area contributed by atoms with Crippen LogP contribution in [0.1, 0.15) is 19.4 Å². The summed E-state index contributed by atoms with van der Waals surface area (Å²) in [5, 5.41) is 5.89. The molecule has 0 aliphatic carbocycles. The summed E-state index contributed by atoms with van der Waals surface area (Å²) in [7, 11) is 0. The number of nitrogens with zero attached hydrogens (tertiary/aromatic N) is 1. The monoisotopic (exact) mass is 387 g/mol. The third-order valence-electron chi connectivity index (χ3n) is 3.83. The molecule has 0 fully saturated rings. The smallest absolute Gasteiger partial charge is 0.260 e. The van der Waals surface area contributed by atoms with Crippen molar-refractivity contribution < 1.29 is 4.79 Å². The van der Waals surface area contributed by atoms with Gasteiger partial charge < -0.3 is 10.3 Å². The van der Waals surface area contributed by atoms with E-state index in [1.54, 1.807) is 0 Å². The molecule has 7 heteroatoms. The highest BCUT2D eigenvalue weighted by atomic mass is 32.2. The number of aromatic nitrogens is 2. The summed E-state index contributed by atoms with van der Waals surface area (Å²) in [6.45, 7) is 6.77. The van der Waals surface area contributed by atoms with Crippen LogP contribution in [0.5, 0.6) is 0 Å². The van der Waals surface area contributed by atoms with Gasteiger partial charge in [0.05, 0.1) is 11.1 Å². The van der Waals surface area contributed by atoms with Gasteiger partial charge in [0.2, 0.25) is 5.91 Å². The quantitative estimate of drug-likeness (QED) is 0.498. The van der Waals surface area contributed by atoms with Crippen molar-refractivity contribution >= 4 is 39.2 Å². The minimum absolute atomic E-state index is 0.0574. The molecule has 0 aliphatic rings. The highest BCUT2D eigenvalue weighted by Gasteiger charge is 2.14. The zero-order valence-electron chi connectivity index (χ0n) is 15.0. The molecular weight excluding hydrogens is 366 g/mol. The van der Waals surface area contributed by atoms with Gasteiger partial charge in [-0.15, -0.1) is 11.3 Å². The second kappa shape index (κ2) is 8.05. The molecule has 0 atom stereocenters. The Kier molecular flexibility index (Phi) is 5.78. The Hall–Kier alpha value is -2.12. The Bertz CT molecular complexity index is 975. The lowest BCUT2D eigenvalue weighted by atomic mass is 10.1. The highest BCUT2D eigenvalue weighted by molar-refractivity contribution is 7.99. The minimum atomic E-state index is -0.170. The van der Waals surface area contributed by atoms with E-state index in [1.165, 1.54) is 28.7 Å². The first kappa shape index (κ1) is 18.7. The van der Waals surface area contributed by atoms with Crippen LogP contribution < -0.4 is 10.9 Å². The fraction of sp³-hybridized carbons (Fsp3) is 0.316. The van der Waals surface area contributed by atoms with E-state index in [2.05, 4.69) is 15.3 Å². The molecule has 0 bridgehead atoms. The molecule has 1 amide bonds. The summed E-state index contributed by atoms with van der Waals surface area (Å²) in [5.41, 5.74) is 2.90. The number of H-pyrrole nitrogens is 1. The van der Waals surface area contributed by atoms with Crippen molar-refractivity contribution in [2.45, 2.75) is 25.9 Å². The molecule has 136 valence electrons. The third-order valence-corrected chi connectivity index (χ3v) is 5.58. The summed E-state index contributed by atoms with van der Waals surface area (Å²) in [6, 6.07) is 8.08. The maximum Gasteiger partial charge on any atom is 0.260 e. The number of aromatic amines is 1. The minimum Gasteiger partial charge on any atom is -0.355 e. The largest absolute Gasteiger partial charge is 0.355 e. The van der Waals surface area contributed by atoms with Crippen molar-refractivity contribution in [3.8, 4) is 11.1 Å². The molecule has 0 spiro atoms. The summed E-state index contributed by atoms with van der Waals surface area (Å²) in [4.78, 5) is 32.4. The summed E-state index contributed by atoms with van der Waals surface area (Å²) in [6.07, 6.45) is 0. The van der Waals surface area contributed by atoms with Crippen LogP contribution in [0, 0.1) is 12.8 Å². The van der Waals surface area contributed by atoms with Crippen molar-refractivity contribution in [3.63, 3.8) is 0 Å². The van der Waals surface area contributed by atoms with Gasteiger partial charge in [0, 0.05) is 17.5 Å². The number of thiophene rings is 1. The van der Waals surface area contributed by atoms with E-state index in [0.29, 0.717) is 27.8 Å². The number of nitrogens with one attached hydrogen (secondary N) is 2. The normalized spacial score (nSPS) is 11.2. The molecule has 3 rings (SSSR count). The Morgan fingerprint density at radius 2 is 2.04 bits per heavy atom. The topological polar surface area (TPSA) is 74.8 Å². The zero-order chi connectivity index (χ0) is 18.7. The molecule has 2 heterocycles. The van der Waals surface area contributed by atoms with Crippen molar-refractivity contribution in [2.24, 2.45) is 5.92 Å². The Labute approximate surface area is 160 Å². The number of carbonyl (C=O) groups excluding carboxylic acids is 1. The van der Waals surface area contributed by atoms with Gasteiger partial charge in [-0.05, 0) is 18.4 Å². The molecule has 2 aromatic heterocycles. The zero-order valence-corrected chi connectivity index (χ0v) is 16.6. The lowest BCUT2D eigenvalue weighted by molar-refractivity contribution is -0.118. The maximum absolute atomic E-state index is 12.6. The number of hydrogen-bond donors (Lipinski definition) is 2. The van der Waals surface area contributed by atoms with Gasteiger partial charge in [-0.2, -0.15) is 0 Å². The number of rotatable bonds is 6. The summed E-state index contributed by atoms with van der Waals surface area (Å²) < 4.78 is 0. The van der Waals surface area contributed by atoms with Gasteiger partial charge in [-0.3, -0.25) is 9.59 Å². The predicted molar refractivity (Wildman–Crippen MR) is 109 cm³/mol. The van der Waals surface area contributed by atoms with Crippen LogP contribution >= 0.6 is 23.1 Å². The van der Waals surface area contributed by atoms with Crippen LogP contribution in [0.25, 0.3) is 21.3 Å². The first-order valence-corrected chi connectivity index (χ1v) is 10.3. The van der Waals surface area contributed by atoms with Crippen LogP contribution in [0.15, 0.2) is 39.6 Å². The van der Waals surface area contributed by atoms with Crippen molar-refractivity contribution in [2.75, 3.05) is 12.3 Å². The average Bonchev–Trinajstić information content (AvgIpc) is 3.03. The van der Waals surface area contributed by atoms with E-state index in [-0.39, 0.29) is 17.2 Å². The number of fused-ring (bicyclic) bond motifs is 1. The number of benzene rings is 1. The molecule has 0 aliphatic heterocycles. The van der Waals surface area contributed by atoms with Crippen molar-refractivity contribution in [1.29, 1.82) is 0 Å². The van der Waals surface area contributed by atoms with Gasteiger partial charge in [0.15, 0.2) is 5.16 Å². The van der Waals surface area contributed by atoms with E-state index in [1.807, 2.05) is 50.4 Å². The Morgan fingerprint density at radius 1 is 1.31 bits per heavy atom. The van der Waals surface area contributed by atoms with Crippen LogP contribution in [0.3, 0.4) is 0 Å². The maximum atomic E-state index is 12.6. The van der Waals surface area contributed by atoms with Crippen LogP contribution in [0.2, 0.25) is 0 Å². The second-order valence-corrected chi connectivity index (χ2v) is 8.38. The fourth-order valence-corrected chi connectivity index (χ4v) is 4.14. The molecule has 0 unspecified atom stereocenters. The first-order valence-electron chi connectivity index (χ1n) is 8.42. The number of carbonyl (C=O) groups is 1. The molecule has 1 aromatic carbocycles. The van der Waals surface area contributed by atoms with Crippen molar-refractivity contribution in [3.05, 3.63) is 45.6 Å². The molecule has 0 saturated heterocycles. The van der Waals surface area contributed by atoms with E-state index in [4.69, 9.17) is 0 Å². The average molecular weight is 388 g/mol. The number of hydrogen-bond acceptors (Lipinski definition) is 5. The van der Waals surface area contributed by atoms with Gasteiger partial charge in [-0.1, -0.05) is 55.4 Å².